The van der Waals surface area contributed by atoms with Crippen molar-refractivity contribution in [1.29, 1.82) is 0 Å². The van der Waals surface area contributed by atoms with Crippen LogP contribution in [-0.4, -0.2) is 74.5 Å². The number of benzene rings is 1. The van der Waals surface area contributed by atoms with Crippen LogP contribution in [0.25, 0.3) is 0 Å². The molecule has 1 aromatic rings. The van der Waals surface area contributed by atoms with E-state index in [9.17, 15) is 29.4 Å². The molecule has 2 saturated heterocycles. The largest absolute Gasteiger partial charge is 0.508 e. The van der Waals surface area contributed by atoms with Crippen LogP contribution in [-0.2, 0) is 25.6 Å². The number of phenolic OH excluding ortho intramolecular Hbond substituents is 1. The number of hydrogen-bond donors (Lipinski definition) is 4. The summed E-state index contributed by atoms with van der Waals surface area (Å²) < 4.78 is 0. The first-order valence-corrected chi connectivity index (χ1v) is 12.7. The van der Waals surface area contributed by atoms with E-state index < -0.39 is 23.3 Å². The van der Waals surface area contributed by atoms with E-state index in [0.717, 1.165) is 5.56 Å². The van der Waals surface area contributed by atoms with Gasteiger partial charge in [0.1, 0.15) is 22.9 Å². The normalized spacial score (nSPS) is 23.6. The third-order valence-electron chi connectivity index (χ3n) is 5.74. The van der Waals surface area contributed by atoms with Gasteiger partial charge in [-0.2, -0.15) is 11.8 Å². The number of nitrogens with zero attached hydrogens (tertiary/aromatic N) is 1. The lowest BCUT2D eigenvalue weighted by Crippen LogP contribution is -2.70. The van der Waals surface area contributed by atoms with Gasteiger partial charge in [0.25, 0.3) is 5.91 Å². The summed E-state index contributed by atoms with van der Waals surface area (Å²) >= 11 is 2.71. The molecule has 11 heteroatoms. The smallest absolute Gasteiger partial charge is 0.352 e. The number of β-lactam (4-membered cyclic amide) rings is 1. The third-order valence-corrected chi connectivity index (χ3v) is 7.57. The number of rotatable bonds is 7. The van der Waals surface area contributed by atoms with E-state index in [1.54, 1.807) is 18.4 Å². The highest BCUT2D eigenvalue weighted by Gasteiger charge is 2.54. The summed E-state index contributed by atoms with van der Waals surface area (Å²) in [6, 6.07) is 5.73. The number of aromatic hydroxyl groups is 1. The Kier molecular flexibility index (Phi) is 6.71. The minimum Gasteiger partial charge on any atom is -0.508 e. The van der Waals surface area contributed by atoms with Crippen molar-refractivity contribution in [3.05, 3.63) is 52.2 Å². The lowest BCUT2D eigenvalue weighted by molar-refractivity contribution is -0.150. The van der Waals surface area contributed by atoms with E-state index >= 15 is 0 Å². The lowest BCUT2D eigenvalue weighted by Gasteiger charge is -2.49. The van der Waals surface area contributed by atoms with Crippen molar-refractivity contribution in [3.63, 3.8) is 0 Å². The van der Waals surface area contributed by atoms with Crippen molar-refractivity contribution < 1.29 is 29.4 Å². The molecular weight excluding hydrogens is 466 g/mol. The molecular formula is C22H23N3O6S2. The molecule has 3 aliphatic heterocycles. The first-order chi connectivity index (χ1) is 15.8. The molecule has 4 N–H and O–H groups in total. The summed E-state index contributed by atoms with van der Waals surface area (Å²) in [6.07, 6.45) is 2.53. The number of phenols is 1. The molecule has 3 amide bonds. The number of aliphatic carboxylic acids is 1. The van der Waals surface area contributed by atoms with Gasteiger partial charge in [0.05, 0.1) is 5.75 Å². The number of thioether (sulfide) groups is 2. The molecule has 0 aromatic heterocycles. The molecule has 0 radical (unpaired) electrons. The van der Waals surface area contributed by atoms with E-state index in [1.165, 1.54) is 40.6 Å². The second-order valence-electron chi connectivity index (χ2n) is 7.83. The predicted molar refractivity (Wildman–Crippen MR) is 125 cm³/mol. The summed E-state index contributed by atoms with van der Waals surface area (Å²) in [6.45, 7) is 0.463. The highest BCUT2D eigenvalue weighted by Crippen LogP contribution is 2.43. The summed E-state index contributed by atoms with van der Waals surface area (Å²) in [4.78, 5) is 50.9. The van der Waals surface area contributed by atoms with Crippen molar-refractivity contribution in [2.75, 3.05) is 24.3 Å². The zero-order chi connectivity index (χ0) is 23.7. The maximum Gasteiger partial charge on any atom is 0.352 e. The second-order valence-corrected chi connectivity index (χ2v) is 9.80. The number of carboxylic acids is 1. The number of nitrogens with one attached hydrogen (secondary N) is 2. The van der Waals surface area contributed by atoms with Crippen molar-refractivity contribution in [3.8, 4) is 5.75 Å². The third kappa shape index (κ3) is 4.47. The second kappa shape index (κ2) is 9.52. The lowest BCUT2D eigenvalue weighted by atomic mass is 9.90. The van der Waals surface area contributed by atoms with Gasteiger partial charge in [0, 0.05) is 17.9 Å². The molecule has 9 nitrogen and oxygen atoms in total. The van der Waals surface area contributed by atoms with Gasteiger partial charge in [-0.05, 0) is 47.9 Å². The SMILES string of the molecule is CSCC(=O)N[C@@H]1C(=O)N2C(C(=O)O)=C(C(Cc3ccc(O)cc3)=C3CCNC3=O)CS[C@H]12. The van der Waals surface area contributed by atoms with Crippen LogP contribution in [0.3, 0.4) is 0 Å². The summed E-state index contributed by atoms with van der Waals surface area (Å²) in [5.41, 5.74) is 2.19. The number of fused-ring (bicyclic) bond motifs is 1. The number of amides is 3. The molecule has 3 aliphatic rings. The highest BCUT2D eigenvalue weighted by molar-refractivity contribution is 8.00. The fourth-order valence-corrected chi connectivity index (χ4v) is 5.95. The van der Waals surface area contributed by atoms with Crippen molar-refractivity contribution >= 4 is 47.2 Å². The van der Waals surface area contributed by atoms with Gasteiger partial charge >= 0.3 is 5.97 Å². The first kappa shape index (κ1) is 23.2. The Morgan fingerprint density at radius 2 is 2.00 bits per heavy atom. The molecule has 0 aliphatic carbocycles. The minimum atomic E-state index is -1.25. The molecule has 2 atom stereocenters. The Labute approximate surface area is 198 Å². The van der Waals surface area contributed by atoms with E-state index in [-0.39, 0.29) is 41.2 Å². The van der Waals surface area contributed by atoms with E-state index in [0.29, 0.717) is 29.7 Å². The van der Waals surface area contributed by atoms with E-state index in [4.69, 9.17) is 0 Å². The Morgan fingerprint density at radius 1 is 1.27 bits per heavy atom. The molecule has 1 aromatic carbocycles. The van der Waals surface area contributed by atoms with Crippen LogP contribution < -0.4 is 10.6 Å². The topological polar surface area (TPSA) is 136 Å². The molecule has 0 unspecified atom stereocenters. The maximum absolute atomic E-state index is 12.9. The van der Waals surface area contributed by atoms with Gasteiger partial charge in [0.2, 0.25) is 11.8 Å². The Morgan fingerprint density at radius 3 is 2.61 bits per heavy atom. The van der Waals surface area contributed by atoms with Crippen LogP contribution in [0, 0.1) is 0 Å². The number of allylic oxidation sites excluding steroid dienone is 1. The van der Waals surface area contributed by atoms with Crippen LogP contribution in [0.5, 0.6) is 5.75 Å². The Bertz CT molecular complexity index is 1080. The zero-order valence-corrected chi connectivity index (χ0v) is 19.4. The van der Waals surface area contributed by atoms with Gasteiger partial charge < -0.3 is 20.8 Å². The number of carboxylic acid groups (broad SMARTS) is 1. The quantitative estimate of drug-likeness (QED) is 0.327. The van der Waals surface area contributed by atoms with Crippen LogP contribution >= 0.6 is 23.5 Å². The monoisotopic (exact) mass is 489 g/mol. The van der Waals surface area contributed by atoms with E-state index in [2.05, 4.69) is 10.6 Å². The Balaban J connectivity index is 1.72. The van der Waals surface area contributed by atoms with Crippen molar-refractivity contribution in [2.45, 2.75) is 24.3 Å². The first-order valence-electron chi connectivity index (χ1n) is 10.3. The van der Waals surface area contributed by atoms with Gasteiger partial charge in [0.15, 0.2) is 0 Å². The molecule has 0 spiro atoms. The van der Waals surface area contributed by atoms with Crippen LogP contribution in [0.2, 0.25) is 0 Å². The highest BCUT2D eigenvalue weighted by atomic mass is 32.2. The number of carbonyl (C=O) groups is 4. The van der Waals surface area contributed by atoms with Crippen molar-refractivity contribution in [2.24, 2.45) is 0 Å². The van der Waals surface area contributed by atoms with Crippen molar-refractivity contribution in [1.82, 2.24) is 15.5 Å². The summed E-state index contributed by atoms with van der Waals surface area (Å²) in [5.74, 6) is -1.63. The molecule has 3 heterocycles. The predicted octanol–water partition coefficient (Wildman–Crippen LogP) is 0.853. The van der Waals surface area contributed by atoms with Gasteiger partial charge in [-0.15, -0.1) is 11.8 Å². The Hall–Kier alpha value is -2.92. The fourth-order valence-electron chi connectivity index (χ4n) is 4.22. The summed E-state index contributed by atoms with van der Waals surface area (Å²) in [5, 5.41) is 24.6. The van der Waals surface area contributed by atoms with Gasteiger partial charge in [-0.3, -0.25) is 19.3 Å². The standard InChI is InChI=1S/C22H23N3O6S2/c1-32-10-16(27)24-17-20(29)25-18(22(30)31)15(9-33-21(17)25)14(13-6-7-23-19(13)28)8-11-2-4-12(26)5-3-11/h2-5,17,21,26H,6-10H2,1H3,(H,23,28)(H,24,27)(H,30,31)/t17-,21-/m1/s1. The zero-order valence-electron chi connectivity index (χ0n) is 17.8. The van der Waals surface area contributed by atoms with Crippen LogP contribution in [0.15, 0.2) is 46.7 Å². The maximum atomic E-state index is 12.9. The summed E-state index contributed by atoms with van der Waals surface area (Å²) in [7, 11) is 0. The van der Waals surface area contributed by atoms with Crippen LogP contribution in [0.4, 0.5) is 0 Å². The molecule has 2 fully saturated rings. The average molecular weight is 490 g/mol. The molecule has 33 heavy (non-hydrogen) atoms. The minimum absolute atomic E-state index is 0.105. The van der Waals surface area contributed by atoms with Crippen LogP contribution in [0.1, 0.15) is 12.0 Å². The van der Waals surface area contributed by atoms with Gasteiger partial charge in [-0.25, -0.2) is 4.79 Å². The van der Waals surface area contributed by atoms with E-state index in [1.807, 2.05) is 0 Å². The molecule has 0 bridgehead atoms. The average Bonchev–Trinajstić information content (AvgIpc) is 3.21. The number of hydrogen-bond acceptors (Lipinski definition) is 7. The molecule has 174 valence electrons. The number of carbonyl (C=O) groups excluding carboxylic acids is 3. The van der Waals surface area contributed by atoms with Gasteiger partial charge in [-0.1, -0.05) is 12.1 Å². The molecule has 4 rings (SSSR count). The molecule has 0 saturated carbocycles. The fraction of sp³-hybridized carbons (Fsp3) is 0.364.